The summed E-state index contributed by atoms with van der Waals surface area (Å²) in [6, 6.07) is 0. The highest BCUT2D eigenvalue weighted by Crippen LogP contribution is 2.56. The molecule has 0 bridgehead atoms. The summed E-state index contributed by atoms with van der Waals surface area (Å²) in [5.74, 6) is -1.29. The third kappa shape index (κ3) is 12.4. The maximum Gasteiger partial charge on any atom is 1.00 e. The summed E-state index contributed by atoms with van der Waals surface area (Å²) in [7, 11) is -17.6. The molecule has 28 heteroatoms. The van der Waals surface area contributed by atoms with E-state index in [0.29, 0.717) is 0 Å². The van der Waals surface area contributed by atoms with E-state index in [1.165, 1.54) is 20.8 Å². The van der Waals surface area contributed by atoms with Crippen molar-refractivity contribution < 1.29 is 81.9 Å². The SMILES string of the molecule is C=CC(=O)SCCNC(=O)CCNC(=O)C(O)C(C)(C)COP(=O)([O-])OP(=O)([O-])OCC1OC(C)(n2cnc3c(N)ncnc32)C(O)C1OP(=O)([O-])[O-].[H+]. The van der Waals surface area contributed by atoms with Crippen molar-refractivity contribution in [1.82, 2.24) is 30.2 Å². The lowest BCUT2D eigenvalue weighted by Crippen LogP contribution is -2.46. The van der Waals surface area contributed by atoms with Crippen LogP contribution in [-0.2, 0) is 56.4 Å². The van der Waals surface area contributed by atoms with Gasteiger partial charge in [-0.15, -0.1) is 0 Å². The van der Waals surface area contributed by atoms with Crippen LogP contribution < -0.4 is 35.9 Å². The van der Waals surface area contributed by atoms with Crippen molar-refractivity contribution in [3.8, 4) is 0 Å². The maximum absolute atomic E-state index is 12.5. The van der Waals surface area contributed by atoms with Crippen LogP contribution in [0.2, 0.25) is 0 Å². The molecule has 6 N–H and O–H groups in total. The Morgan fingerprint density at radius 2 is 1.83 bits per heavy atom. The molecule has 24 nitrogen and oxygen atoms in total. The van der Waals surface area contributed by atoms with Crippen molar-refractivity contribution in [2.75, 3.05) is 37.8 Å². The largest absolute Gasteiger partial charge is 1.00 e. The molecule has 0 aromatic carbocycles. The Morgan fingerprint density at radius 3 is 2.47 bits per heavy atom. The first-order valence-electron chi connectivity index (χ1n) is 15.1. The number of aliphatic hydroxyl groups excluding tert-OH is 2. The highest BCUT2D eigenvalue weighted by molar-refractivity contribution is 8.14. The van der Waals surface area contributed by atoms with Crippen molar-refractivity contribution in [2.45, 2.75) is 57.3 Å². The molecule has 1 aliphatic heterocycles. The number of imidazole rings is 1. The molecule has 53 heavy (non-hydrogen) atoms. The van der Waals surface area contributed by atoms with Crippen LogP contribution in [0, 0.1) is 5.41 Å². The maximum atomic E-state index is 12.5. The lowest BCUT2D eigenvalue weighted by molar-refractivity contribution is -0.347. The van der Waals surface area contributed by atoms with Crippen molar-refractivity contribution in [3.63, 3.8) is 0 Å². The Hall–Kier alpha value is -2.70. The summed E-state index contributed by atoms with van der Waals surface area (Å²) in [6.07, 6.45) is -4.97. The molecular weight excluding hydrogens is 795 g/mol. The number of nitrogens with zero attached hydrogens (tertiary/aromatic N) is 4. The summed E-state index contributed by atoms with van der Waals surface area (Å²) >= 11 is 0.940. The quantitative estimate of drug-likeness (QED) is 0.0493. The third-order valence-electron chi connectivity index (χ3n) is 7.37. The number of fused-ring (bicyclic) bond motifs is 1. The second-order valence-corrected chi connectivity index (χ2v) is 17.1. The van der Waals surface area contributed by atoms with Crippen LogP contribution in [0.1, 0.15) is 28.6 Å². The molecule has 3 heterocycles. The second-order valence-electron chi connectivity index (χ2n) is 11.9. The topological polar surface area (TPSA) is 375 Å². The normalized spacial score (nSPS) is 23.5. The molecule has 1 saturated heterocycles. The van der Waals surface area contributed by atoms with E-state index < -0.39 is 84.1 Å². The summed E-state index contributed by atoms with van der Waals surface area (Å²) < 4.78 is 60.8. The third-order valence-corrected chi connectivity index (χ3v) is 11.2. The van der Waals surface area contributed by atoms with Crippen LogP contribution in [0.25, 0.3) is 11.2 Å². The Kier molecular flexibility index (Phi) is 15.0. The molecule has 298 valence electrons. The van der Waals surface area contributed by atoms with Gasteiger partial charge in [0.25, 0.3) is 15.6 Å². The number of ether oxygens (including phenoxy) is 1. The van der Waals surface area contributed by atoms with Gasteiger partial charge in [0.15, 0.2) is 17.2 Å². The van der Waals surface area contributed by atoms with Gasteiger partial charge in [0.05, 0.1) is 27.4 Å². The van der Waals surface area contributed by atoms with E-state index in [0.717, 1.165) is 35.1 Å². The molecule has 3 rings (SSSR count). The average Bonchev–Trinajstić information content (AvgIpc) is 3.60. The number of rotatable bonds is 20. The smallest absolute Gasteiger partial charge is 0.790 e. The summed E-state index contributed by atoms with van der Waals surface area (Å²) in [6.45, 7) is 4.51. The molecule has 0 spiro atoms. The Morgan fingerprint density at radius 1 is 1.17 bits per heavy atom. The van der Waals surface area contributed by atoms with Crippen LogP contribution in [0.5, 0.6) is 0 Å². The predicted molar refractivity (Wildman–Crippen MR) is 174 cm³/mol. The number of amides is 2. The number of anilines is 1. The number of carbonyl (C=O) groups is 3. The number of nitrogens with one attached hydrogen (secondary N) is 2. The van der Waals surface area contributed by atoms with Gasteiger partial charge in [-0.3, -0.25) is 28.1 Å². The summed E-state index contributed by atoms with van der Waals surface area (Å²) in [4.78, 5) is 95.2. The zero-order chi connectivity index (χ0) is 40.0. The van der Waals surface area contributed by atoms with Crippen molar-refractivity contribution in [3.05, 3.63) is 25.3 Å². The van der Waals surface area contributed by atoms with Gasteiger partial charge in [0, 0.05) is 30.7 Å². The van der Waals surface area contributed by atoms with Gasteiger partial charge in [0.1, 0.15) is 36.3 Å². The molecule has 1 fully saturated rings. The highest BCUT2D eigenvalue weighted by Gasteiger charge is 2.55. The lowest BCUT2D eigenvalue weighted by Gasteiger charge is -2.36. The van der Waals surface area contributed by atoms with Gasteiger partial charge in [-0.1, -0.05) is 32.2 Å². The number of nitrogens with two attached hydrogens (primary N) is 1. The fourth-order valence-corrected chi connectivity index (χ4v) is 7.88. The number of carbonyl (C=O) groups excluding carboxylic acids is 3. The van der Waals surface area contributed by atoms with Gasteiger partial charge < -0.3 is 69.0 Å². The first-order valence-corrected chi connectivity index (χ1v) is 20.4. The molecular formula is C25H37N7O17P3S-3. The van der Waals surface area contributed by atoms with E-state index in [9.17, 15) is 57.9 Å². The zero-order valence-electron chi connectivity index (χ0n) is 29.1. The minimum absolute atomic E-state index is 0. The van der Waals surface area contributed by atoms with Crippen molar-refractivity contribution >= 4 is 69.1 Å². The monoisotopic (exact) mass is 832 g/mol. The number of hydrogen-bond donors (Lipinski definition) is 5. The van der Waals surface area contributed by atoms with E-state index in [1.54, 1.807) is 0 Å². The van der Waals surface area contributed by atoms with Crippen LogP contribution in [0.4, 0.5) is 5.82 Å². The highest BCUT2D eigenvalue weighted by atomic mass is 32.2. The van der Waals surface area contributed by atoms with E-state index >= 15 is 0 Å². The average molecular weight is 833 g/mol. The molecule has 2 amide bonds. The standard InChI is InChI=1S/C25H40N7O17P3S/c1-5-16(34)53-9-8-27-15(33)6-7-28-23(37)20(36)24(2,3)11-46-52(43,44)49-51(41,42)45-10-14-18(48-50(38,39)40)19(35)25(4,47-14)32-13-31-17-21(26)29-12-30-22(17)32/h5,12-14,18-20,35-36H,1,6-11H2,2-4H3,(H,27,33)(H,28,37)(H,41,42)(H,43,44)(H2,26,29,30)(H2,38,39,40)/p-3. The van der Waals surface area contributed by atoms with Gasteiger partial charge in [0.2, 0.25) is 16.9 Å². The van der Waals surface area contributed by atoms with Crippen LogP contribution in [0.3, 0.4) is 0 Å². The second kappa shape index (κ2) is 17.8. The molecule has 2 aromatic rings. The fourth-order valence-electron chi connectivity index (χ4n) is 4.63. The molecule has 2 aromatic heterocycles. The molecule has 7 atom stereocenters. The van der Waals surface area contributed by atoms with E-state index in [2.05, 4.69) is 50.0 Å². The molecule has 0 aliphatic carbocycles. The first kappa shape index (κ1) is 44.7. The van der Waals surface area contributed by atoms with Crippen LogP contribution in [0.15, 0.2) is 25.3 Å². The minimum Gasteiger partial charge on any atom is -0.790 e. The molecule has 0 radical (unpaired) electrons. The number of nitrogen functional groups attached to an aromatic ring is 1. The minimum atomic E-state index is -5.93. The summed E-state index contributed by atoms with van der Waals surface area (Å²) in [5, 5.41) is 26.0. The number of aliphatic hydroxyl groups is 2. The molecule has 7 unspecified atom stereocenters. The lowest BCUT2D eigenvalue weighted by atomic mass is 9.87. The van der Waals surface area contributed by atoms with E-state index in [1.807, 2.05) is 0 Å². The Balaban J connectivity index is 0.0000101. The number of phosphoric acid groups is 3. The number of thioether (sulfide) groups is 1. The van der Waals surface area contributed by atoms with Crippen LogP contribution in [-0.4, -0.2) is 103 Å². The van der Waals surface area contributed by atoms with Gasteiger partial charge in [-0.25, -0.2) is 19.3 Å². The number of aromatic nitrogens is 4. The molecule has 0 saturated carbocycles. The Labute approximate surface area is 306 Å². The van der Waals surface area contributed by atoms with E-state index in [4.69, 9.17) is 10.5 Å². The van der Waals surface area contributed by atoms with Gasteiger partial charge in [-0.2, -0.15) is 0 Å². The number of phosphoric ester groups is 3. The zero-order valence-corrected chi connectivity index (χ0v) is 31.6. The van der Waals surface area contributed by atoms with Crippen molar-refractivity contribution in [1.29, 1.82) is 0 Å². The summed E-state index contributed by atoms with van der Waals surface area (Å²) in [5.41, 5.74) is 2.01. The van der Waals surface area contributed by atoms with E-state index in [-0.39, 0.29) is 48.8 Å². The molecule has 1 aliphatic rings. The first-order chi connectivity index (χ1) is 24.4. The number of hydrogen-bond acceptors (Lipinski definition) is 22. The predicted octanol–water partition coefficient (Wildman–Crippen LogP) is -3.39. The van der Waals surface area contributed by atoms with Crippen LogP contribution >= 0.6 is 35.2 Å². The Bertz CT molecular complexity index is 1820. The van der Waals surface area contributed by atoms with Crippen molar-refractivity contribution in [2.24, 2.45) is 5.41 Å². The van der Waals surface area contributed by atoms with Gasteiger partial charge in [-0.05, 0) is 13.0 Å². The van der Waals surface area contributed by atoms with Gasteiger partial charge >= 0.3 is 1.43 Å². The fraction of sp³-hybridized carbons (Fsp3) is 0.600.